The van der Waals surface area contributed by atoms with Crippen molar-refractivity contribution in [1.29, 1.82) is 0 Å². The second-order valence-corrected chi connectivity index (χ2v) is 6.26. The second kappa shape index (κ2) is 5.20. The summed E-state index contributed by atoms with van der Waals surface area (Å²) >= 11 is 5.60. The summed E-state index contributed by atoms with van der Waals surface area (Å²) in [5.41, 5.74) is 0.0548. The summed E-state index contributed by atoms with van der Waals surface area (Å²) in [5, 5.41) is 13.8. The molecule has 3 unspecified atom stereocenters. The van der Waals surface area contributed by atoms with E-state index in [0.717, 1.165) is 24.0 Å². The van der Waals surface area contributed by atoms with Crippen LogP contribution in [0.15, 0.2) is 12.1 Å². The first-order valence-electron chi connectivity index (χ1n) is 6.92. The Kier molecular flexibility index (Phi) is 3.54. The van der Waals surface area contributed by atoms with Crippen molar-refractivity contribution in [3.63, 3.8) is 0 Å². The Bertz CT molecular complexity index is 552. The number of rotatable bonds is 4. The molecule has 1 aromatic rings. The molecular formula is C14H16ClFN2O2. The van der Waals surface area contributed by atoms with Crippen molar-refractivity contribution in [3.8, 4) is 0 Å². The van der Waals surface area contributed by atoms with E-state index in [2.05, 4.69) is 5.32 Å². The summed E-state index contributed by atoms with van der Waals surface area (Å²) in [6, 6.07) is 2.19. The maximum atomic E-state index is 13.5. The van der Waals surface area contributed by atoms with Gasteiger partial charge in [-0.1, -0.05) is 18.0 Å². The molecule has 1 aromatic carbocycles. The highest BCUT2D eigenvalue weighted by Gasteiger charge is 2.39. The van der Waals surface area contributed by atoms with E-state index >= 15 is 0 Å². The van der Waals surface area contributed by atoms with Crippen molar-refractivity contribution in [2.45, 2.75) is 25.7 Å². The van der Waals surface area contributed by atoms with E-state index < -0.39 is 10.7 Å². The predicted octanol–water partition coefficient (Wildman–Crippen LogP) is 4.24. The number of anilines is 1. The van der Waals surface area contributed by atoms with Gasteiger partial charge in [0, 0.05) is 18.7 Å². The lowest BCUT2D eigenvalue weighted by molar-refractivity contribution is -0.384. The van der Waals surface area contributed by atoms with Crippen molar-refractivity contribution in [3.05, 3.63) is 33.1 Å². The molecule has 3 atom stereocenters. The Balaban J connectivity index is 1.73. The third-order valence-electron chi connectivity index (χ3n) is 4.67. The van der Waals surface area contributed by atoms with Crippen LogP contribution in [0.4, 0.5) is 15.8 Å². The van der Waals surface area contributed by atoms with Crippen LogP contribution < -0.4 is 5.32 Å². The molecule has 4 nitrogen and oxygen atoms in total. The van der Waals surface area contributed by atoms with Gasteiger partial charge < -0.3 is 5.32 Å². The highest BCUT2D eigenvalue weighted by Crippen LogP contribution is 2.48. The average Bonchev–Trinajstić information content (AvgIpc) is 3.01. The second-order valence-electron chi connectivity index (χ2n) is 5.86. The average molecular weight is 299 g/mol. The smallest absolute Gasteiger partial charge is 0.294 e. The van der Waals surface area contributed by atoms with Crippen LogP contribution in [-0.4, -0.2) is 11.5 Å². The van der Waals surface area contributed by atoms with Gasteiger partial charge >= 0.3 is 0 Å². The number of halogens is 2. The molecule has 2 fully saturated rings. The van der Waals surface area contributed by atoms with Crippen LogP contribution in [0.3, 0.4) is 0 Å². The molecule has 1 N–H and O–H groups in total. The molecule has 0 heterocycles. The first-order chi connectivity index (χ1) is 9.54. The molecule has 0 amide bonds. The van der Waals surface area contributed by atoms with Gasteiger partial charge in [0.2, 0.25) is 0 Å². The zero-order chi connectivity index (χ0) is 14.3. The van der Waals surface area contributed by atoms with Crippen LogP contribution in [0, 0.1) is 33.7 Å². The minimum atomic E-state index is -0.632. The summed E-state index contributed by atoms with van der Waals surface area (Å²) in [6.45, 7) is 0.670. The molecular weight excluding hydrogens is 283 g/mol. The standard InChI is InChI=1S/C14H16ClFN2O2/c15-11-5-14(18(19)20)13(6-12(11)16)17-7-10-4-8-1-2-9(10)3-8/h5-6,8-10,17H,1-4,7H2. The number of nitrogens with one attached hydrogen (secondary N) is 1. The van der Waals surface area contributed by atoms with Crippen LogP contribution in [0.1, 0.15) is 25.7 Å². The summed E-state index contributed by atoms with van der Waals surface area (Å²) in [7, 11) is 0. The minimum absolute atomic E-state index is 0.167. The Morgan fingerprint density at radius 1 is 1.40 bits per heavy atom. The minimum Gasteiger partial charge on any atom is -0.379 e. The number of nitro groups is 1. The van der Waals surface area contributed by atoms with Gasteiger partial charge in [-0.25, -0.2) is 4.39 Å². The molecule has 0 spiro atoms. The van der Waals surface area contributed by atoms with E-state index in [9.17, 15) is 14.5 Å². The summed E-state index contributed by atoms with van der Waals surface area (Å²) in [5.74, 6) is 1.47. The van der Waals surface area contributed by atoms with E-state index in [1.165, 1.54) is 25.7 Å². The van der Waals surface area contributed by atoms with Crippen LogP contribution in [0.2, 0.25) is 5.02 Å². The van der Waals surface area contributed by atoms with Crippen molar-refractivity contribution < 1.29 is 9.31 Å². The van der Waals surface area contributed by atoms with Crippen LogP contribution in [0.25, 0.3) is 0 Å². The molecule has 20 heavy (non-hydrogen) atoms. The first kappa shape index (κ1) is 13.6. The Labute approximate surface area is 121 Å². The van der Waals surface area contributed by atoms with Crippen molar-refractivity contribution in [2.24, 2.45) is 17.8 Å². The molecule has 0 radical (unpaired) electrons. The third-order valence-corrected chi connectivity index (χ3v) is 4.96. The Hall–Kier alpha value is -1.36. The quantitative estimate of drug-likeness (QED) is 0.668. The van der Waals surface area contributed by atoms with Crippen LogP contribution in [0.5, 0.6) is 0 Å². The molecule has 2 bridgehead atoms. The third kappa shape index (κ3) is 2.46. The zero-order valence-corrected chi connectivity index (χ0v) is 11.7. The van der Waals surface area contributed by atoms with E-state index in [4.69, 9.17) is 11.6 Å². The molecule has 2 aliphatic carbocycles. The molecule has 0 aliphatic heterocycles. The lowest BCUT2D eigenvalue weighted by Crippen LogP contribution is -2.20. The monoisotopic (exact) mass is 298 g/mol. The summed E-state index contributed by atoms with van der Waals surface area (Å²) < 4.78 is 13.5. The fourth-order valence-electron chi connectivity index (χ4n) is 3.70. The predicted molar refractivity (Wildman–Crippen MR) is 75.5 cm³/mol. The number of nitro benzene ring substituents is 1. The van der Waals surface area contributed by atoms with E-state index in [1.54, 1.807) is 0 Å². The largest absolute Gasteiger partial charge is 0.379 e. The Morgan fingerprint density at radius 2 is 2.20 bits per heavy atom. The van der Waals surface area contributed by atoms with Gasteiger partial charge in [0.25, 0.3) is 5.69 Å². The van der Waals surface area contributed by atoms with Gasteiger partial charge in [-0.3, -0.25) is 10.1 Å². The zero-order valence-electron chi connectivity index (χ0n) is 10.9. The first-order valence-corrected chi connectivity index (χ1v) is 7.29. The number of fused-ring (bicyclic) bond motifs is 2. The number of benzene rings is 1. The van der Waals surface area contributed by atoms with Gasteiger partial charge in [-0.2, -0.15) is 0 Å². The van der Waals surface area contributed by atoms with E-state index in [-0.39, 0.29) is 16.4 Å². The summed E-state index contributed by atoms with van der Waals surface area (Å²) in [4.78, 5) is 10.5. The van der Waals surface area contributed by atoms with Crippen LogP contribution >= 0.6 is 11.6 Å². The summed E-state index contributed by atoms with van der Waals surface area (Å²) in [6.07, 6.45) is 5.04. The van der Waals surface area contributed by atoms with Crippen molar-refractivity contribution >= 4 is 23.0 Å². The van der Waals surface area contributed by atoms with Gasteiger partial charge in [-0.15, -0.1) is 0 Å². The maximum Gasteiger partial charge on any atom is 0.294 e. The highest BCUT2D eigenvalue weighted by atomic mass is 35.5. The molecule has 108 valence electrons. The number of hydrogen-bond donors (Lipinski definition) is 1. The lowest BCUT2D eigenvalue weighted by atomic mass is 9.89. The molecule has 2 saturated carbocycles. The maximum absolute atomic E-state index is 13.5. The highest BCUT2D eigenvalue weighted by molar-refractivity contribution is 6.31. The SMILES string of the molecule is O=[N+]([O-])c1cc(Cl)c(F)cc1NCC1CC2CCC1C2. The van der Waals surface area contributed by atoms with E-state index in [1.807, 2.05) is 0 Å². The fourth-order valence-corrected chi connectivity index (χ4v) is 3.85. The van der Waals surface area contributed by atoms with Gasteiger partial charge in [0.1, 0.15) is 11.5 Å². The lowest BCUT2D eigenvalue weighted by Gasteiger charge is -2.22. The van der Waals surface area contributed by atoms with Gasteiger partial charge in [-0.05, 0) is 37.0 Å². The molecule has 0 aromatic heterocycles. The van der Waals surface area contributed by atoms with E-state index in [0.29, 0.717) is 12.5 Å². The van der Waals surface area contributed by atoms with Crippen molar-refractivity contribution in [1.82, 2.24) is 0 Å². The normalized spacial score (nSPS) is 27.8. The molecule has 0 saturated heterocycles. The van der Waals surface area contributed by atoms with Crippen molar-refractivity contribution in [2.75, 3.05) is 11.9 Å². The fraction of sp³-hybridized carbons (Fsp3) is 0.571. The molecule has 3 rings (SSSR count). The van der Waals surface area contributed by atoms with Gasteiger partial charge in [0.15, 0.2) is 0 Å². The van der Waals surface area contributed by atoms with Gasteiger partial charge in [0.05, 0.1) is 9.95 Å². The molecule has 6 heteroatoms. The Morgan fingerprint density at radius 3 is 2.80 bits per heavy atom. The number of nitrogens with zero attached hydrogens (tertiary/aromatic N) is 1. The van der Waals surface area contributed by atoms with Crippen LogP contribution in [-0.2, 0) is 0 Å². The molecule has 2 aliphatic rings. The number of hydrogen-bond acceptors (Lipinski definition) is 3. The topological polar surface area (TPSA) is 55.2 Å².